The summed E-state index contributed by atoms with van der Waals surface area (Å²) in [6.07, 6.45) is 5.66. The predicted molar refractivity (Wildman–Crippen MR) is 197 cm³/mol. The predicted octanol–water partition coefficient (Wildman–Crippen LogP) is 7.17. The molecule has 46 heavy (non-hydrogen) atoms. The van der Waals surface area contributed by atoms with E-state index in [2.05, 4.69) is 137 Å². The molecule has 0 aliphatic carbocycles. The molecule has 7 rings (SSSR count). The van der Waals surface area contributed by atoms with E-state index in [0.29, 0.717) is 26.3 Å². The largest absolute Gasteiger partial charge is 0.326 e. The molecule has 0 saturated heterocycles. The van der Waals surface area contributed by atoms with Crippen LogP contribution in [0.5, 0.6) is 0 Å². The zero-order valence-corrected chi connectivity index (χ0v) is 27.6. The minimum absolute atomic E-state index is 0.309. The van der Waals surface area contributed by atoms with Gasteiger partial charge in [0.2, 0.25) is 6.71 Å². The Morgan fingerprint density at radius 3 is 1.35 bits per heavy atom. The van der Waals surface area contributed by atoms with Crippen LogP contribution in [0, 0.1) is 0 Å². The second-order valence-corrected chi connectivity index (χ2v) is 13.3. The minimum Gasteiger partial charge on any atom is -0.326 e. The smallest absolute Gasteiger partial charge is 0.241 e. The highest BCUT2D eigenvalue weighted by molar-refractivity contribution is 6.95. The summed E-state index contributed by atoms with van der Waals surface area (Å²) in [6.45, 7) is 0.309. The van der Waals surface area contributed by atoms with Gasteiger partial charge in [-0.3, -0.25) is 0 Å². The first-order valence-electron chi connectivity index (χ1n) is 15.1. The van der Waals surface area contributed by atoms with Crippen LogP contribution in [0.3, 0.4) is 0 Å². The highest BCUT2D eigenvalue weighted by atomic mass is 35.5. The SMILES string of the molecule is Clc1cccc(C([Si]c2ccccc2)(c2cccc(Cl)c2)n2ccnc2)c1.c1ccc(B(c2ccccc2)c2ccccc2)cc1. The molecule has 1 aromatic heterocycles. The van der Waals surface area contributed by atoms with Gasteiger partial charge in [0.05, 0.1) is 11.5 Å². The summed E-state index contributed by atoms with van der Waals surface area (Å²) in [5, 5.41) is 2.16. The summed E-state index contributed by atoms with van der Waals surface area (Å²) in [6, 6.07) is 58.5. The van der Waals surface area contributed by atoms with Crippen LogP contribution in [-0.4, -0.2) is 25.8 Å². The number of hydrogen-bond acceptors (Lipinski definition) is 1. The molecule has 2 nitrogen and oxygen atoms in total. The summed E-state index contributed by atoms with van der Waals surface area (Å²) in [5.74, 6) is 0. The maximum atomic E-state index is 6.39. The third-order valence-corrected chi connectivity index (χ3v) is 10.2. The highest BCUT2D eigenvalue weighted by Gasteiger charge is 2.37. The number of hydrogen-bond donors (Lipinski definition) is 0. The van der Waals surface area contributed by atoms with Crippen molar-refractivity contribution in [3.05, 3.63) is 210 Å². The van der Waals surface area contributed by atoms with Crippen LogP contribution in [0.4, 0.5) is 0 Å². The van der Waals surface area contributed by atoms with Crippen LogP contribution in [0.15, 0.2) is 189 Å². The first-order chi connectivity index (χ1) is 22.6. The Bertz CT molecular complexity index is 1800. The molecule has 0 aliphatic heterocycles. The lowest BCUT2D eigenvalue weighted by atomic mass is 9.37. The molecule has 0 atom stereocenters. The van der Waals surface area contributed by atoms with Crippen LogP contribution in [0.1, 0.15) is 11.1 Å². The highest BCUT2D eigenvalue weighted by Crippen LogP contribution is 2.35. The molecule has 1 heterocycles. The first-order valence-corrected chi connectivity index (χ1v) is 16.9. The van der Waals surface area contributed by atoms with E-state index in [0.717, 1.165) is 11.1 Å². The molecule has 0 amide bonds. The summed E-state index contributed by atoms with van der Waals surface area (Å²) in [5.41, 5.74) is 6.19. The fourth-order valence-electron chi connectivity index (χ4n) is 5.80. The van der Waals surface area contributed by atoms with Crippen molar-refractivity contribution in [2.75, 3.05) is 0 Å². The Balaban J connectivity index is 0.000000172. The van der Waals surface area contributed by atoms with Crippen molar-refractivity contribution in [2.45, 2.75) is 5.16 Å². The quantitative estimate of drug-likeness (QED) is 0.160. The molecule has 0 unspecified atom stereocenters. The molecule has 222 valence electrons. The van der Waals surface area contributed by atoms with Crippen molar-refractivity contribution in [2.24, 2.45) is 0 Å². The molecular weight excluding hydrogens is 618 g/mol. The number of aromatic nitrogens is 2. The summed E-state index contributed by atoms with van der Waals surface area (Å²) < 4.78 is 2.15. The first kappa shape index (κ1) is 31.4. The van der Waals surface area contributed by atoms with E-state index in [1.54, 1.807) is 6.20 Å². The number of nitrogens with zero attached hydrogens (tertiary/aromatic N) is 2. The lowest BCUT2D eigenvalue weighted by Crippen LogP contribution is -2.51. The van der Waals surface area contributed by atoms with Gasteiger partial charge in [-0.05, 0) is 35.4 Å². The summed E-state index contributed by atoms with van der Waals surface area (Å²) in [7, 11) is 0.414. The summed E-state index contributed by atoms with van der Waals surface area (Å²) >= 11 is 12.8. The van der Waals surface area contributed by atoms with Crippen molar-refractivity contribution in [1.82, 2.24) is 9.55 Å². The van der Waals surface area contributed by atoms with Gasteiger partial charge in [0.25, 0.3) is 0 Å². The van der Waals surface area contributed by atoms with E-state index < -0.39 is 5.16 Å². The third kappa shape index (κ3) is 7.27. The number of halogens is 2. The van der Waals surface area contributed by atoms with Gasteiger partial charge in [0, 0.05) is 22.4 Å². The minimum atomic E-state index is -0.492. The molecule has 0 aliphatic rings. The number of rotatable bonds is 8. The molecule has 0 bridgehead atoms. The van der Waals surface area contributed by atoms with Crippen molar-refractivity contribution < 1.29 is 0 Å². The fourth-order valence-corrected chi connectivity index (χ4v) is 7.82. The van der Waals surface area contributed by atoms with Crippen LogP contribution in [-0.2, 0) is 5.16 Å². The molecule has 2 radical (unpaired) electrons. The normalized spacial score (nSPS) is 10.9. The standard InChI is InChI=1S/C22H16Cl2N2Si.C18H15B/c23-19-8-4-6-17(14-19)22(26-13-12-25-16-26,18-7-5-9-20(24)15-18)27-21-10-2-1-3-11-21;1-4-10-16(11-5-1)19(17-12-6-2-7-13-17)18-14-8-3-9-15-18/h1-16H;1-15H. The average Bonchev–Trinajstić information content (AvgIpc) is 3.65. The second kappa shape index (κ2) is 15.1. The van der Waals surface area contributed by atoms with Crippen LogP contribution >= 0.6 is 23.2 Å². The van der Waals surface area contributed by atoms with Crippen molar-refractivity contribution in [1.29, 1.82) is 0 Å². The van der Waals surface area contributed by atoms with Gasteiger partial charge in [0.15, 0.2) is 0 Å². The maximum absolute atomic E-state index is 6.39. The Hall–Kier alpha value is -4.61. The molecule has 7 aromatic rings. The molecule has 0 saturated carbocycles. The van der Waals surface area contributed by atoms with Gasteiger partial charge >= 0.3 is 0 Å². The van der Waals surface area contributed by atoms with E-state index in [1.165, 1.54) is 21.6 Å². The number of imidazole rings is 1. The van der Waals surface area contributed by atoms with Crippen LogP contribution in [0.2, 0.25) is 10.0 Å². The lowest BCUT2D eigenvalue weighted by Gasteiger charge is -2.36. The van der Waals surface area contributed by atoms with Gasteiger partial charge in [0.1, 0.15) is 9.52 Å². The van der Waals surface area contributed by atoms with Gasteiger partial charge in [-0.1, -0.05) is 190 Å². The molecular formula is C40H31BCl2N2Si. The monoisotopic (exact) mass is 648 g/mol. The molecule has 0 fully saturated rings. The Labute approximate surface area is 284 Å². The second-order valence-electron chi connectivity index (χ2n) is 10.9. The topological polar surface area (TPSA) is 17.8 Å². The Morgan fingerprint density at radius 2 is 0.957 bits per heavy atom. The zero-order chi connectivity index (χ0) is 31.6. The Morgan fingerprint density at radius 1 is 0.522 bits per heavy atom. The van der Waals surface area contributed by atoms with Crippen LogP contribution < -0.4 is 21.6 Å². The average molecular weight is 650 g/mol. The van der Waals surface area contributed by atoms with Gasteiger partial charge < -0.3 is 4.57 Å². The van der Waals surface area contributed by atoms with Gasteiger partial charge in [-0.15, -0.1) is 0 Å². The summed E-state index contributed by atoms with van der Waals surface area (Å²) in [4.78, 5) is 4.33. The third-order valence-electron chi connectivity index (χ3n) is 7.87. The van der Waals surface area contributed by atoms with Gasteiger partial charge in [-0.25, -0.2) is 4.98 Å². The van der Waals surface area contributed by atoms with E-state index in [4.69, 9.17) is 23.2 Å². The van der Waals surface area contributed by atoms with Crippen LogP contribution in [0.25, 0.3) is 0 Å². The van der Waals surface area contributed by atoms with Crippen molar-refractivity contribution in [3.63, 3.8) is 0 Å². The van der Waals surface area contributed by atoms with E-state index in [9.17, 15) is 0 Å². The van der Waals surface area contributed by atoms with E-state index in [1.807, 2.05) is 55.0 Å². The molecule has 0 N–H and O–H groups in total. The van der Waals surface area contributed by atoms with Gasteiger partial charge in [-0.2, -0.15) is 0 Å². The molecule has 0 spiro atoms. The maximum Gasteiger partial charge on any atom is 0.241 e. The number of benzene rings is 6. The van der Waals surface area contributed by atoms with Crippen molar-refractivity contribution in [3.8, 4) is 0 Å². The van der Waals surface area contributed by atoms with E-state index in [-0.39, 0.29) is 0 Å². The fraction of sp³-hybridized carbons (Fsp3) is 0.0250. The molecule has 6 aromatic carbocycles. The Kier molecular flexibility index (Phi) is 10.3. The molecule has 6 heteroatoms. The van der Waals surface area contributed by atoms with E-state index >= 15 is 0 Å². The van der Waals surface area contributed by atoms with Crippen molar-refractivity contribution >= 4 is 61.0 Å². The lowest BCUT2D eigenvalue weighted by molar-refractivity contribution is 0.596. The zero-order valence-electron chi connectivity index (χ0n) is 25.1.